The number of benzene rings is 1. The van der Waals surface area contributed by atoms with Crippen molar-refractivity contribution in [3.8, 4) is 0 Å². The van der Waals surface area contributed by atoms with Crippen LogP contribution in [0.3, 0.4) is 0 Å². The Kier molecular flexibility index (Phi) is 5.03. The number of nitrogen functional groups attached to an aromatic ring is 1. The molecule has 1 aromatic rings. The zero-order valence-corrected chi connectivity index (χ0v) is 14.6. The van der Waals surface area contributed by atoms with Gasteiger partial charge in [-0.1, -0.05) is 23.2 Å². The third-order valence-electron chi connectivity index (χ3n) is 4.87. The van der Waals surface area contributed by atoms with Gasteiger partial charge in [-0.2, -0.15) is 0 Å². The third-order valence-corrected chi connectivity index (χ3v) is 5.45. The zero-order valence-electron chi connectivity index (χ0n) is 13.1. The topological polar surface area (TPSA) is 35.7 Å². The Hall–Kier alpha value is -0.680. The molecule has 22 heavy (non-hydrogen) atoms. The van der Waals surface area contributed by atoms with Crippen LogP contribution in [-0.4, -0.2) is 62.2 Å². The number of hydrogen-bond acceptors (Lipinski definition) is 4. The van der Waals surface area contributed by atoms with Crippen molar-refractivity contribution in [3.05, 3.63) is 22.2 Å². The number of halogens is 2. The number of nitrogens with zero attached hydrogens (tertiary/aromatic N) is 3. The fourth-order valence-corrected chi connectivity index (χ4v) is 4.27. The van der Waals surface area contributed by atoms with Gasteiger partial charge in [0.05, 0.1) is 15.7 Å². The second kappa shape index (κ2) is 6.83. The molecule has 6 heteroatoms. The van der Waals surface area contributed by atoms with Crippen LogP contribution < -0.4 is 10.6 Å². The Bertz CT molecular complexity index is 498. The lowest BCUT2D eigenvalue weighted by Gasteiger charge is -2.42. The number of nitrogens with two attached hydrogens (primary N) is 1. The molecular weight excluding hydrogens is 319 g/mol. The van der Waals surface area contributed by atoms with E-state index >= 15 is 0 Å². The number of rotatable bonds is 2. The highest BCUT2D eigenvalue weighted by atomic mass is 35.5. The van der Waals surface area contributed by atoms with E-state index in [0.29, 0.717) is 21.8 Å². The number of anilines is 2. The van der Waals surface area contributed by atoms with E-state index in [1.807, 2.05) is 0 Å². The standard InChI is InChI=1S/C16H24Cl2N4/c1-20-6-8-21(9-7-20)13-2-4-22(5-3-13)16-14(17)10-12(19)11-15(16)18/h10-11,13H,2-9,19H2,1H3. The minimum absolute atomic E-state index is 0.617. The van der Waals surface area contributed by atoms with E-state index in [2.05, 4.69) is 21.7 Å². The lowest BCUT2D eigenvalue weighted by Crippen LogP contribution is -2.52. The fraction of sp³-hybridized carbons (Fsp3) is 0.625. The molecule has 2 aliphatic rings. The summed E-state index contributed by atoms with van der Waals surface area (Å²) in [5.74, 6) is 0. The largest absolute Gasteiger partial charge is 0.399 e. The van der Waals surface area contributed by atoms with Crippen molar-refractivity contribution in [2.45, 2.75) is 18.9 Å². The Labute approximate surface area is 142 Å². The smallest absolute Gasteiger partial charge is 0.0746 e. The SMILES string of the molecule is CN1CCN(C2CCN(c3c(Cl)cc(N)cc3Cl)CC2)CC1. The minimum Gasteiger partial charge on any atom is -0.399 e. The zero-order chi connectivity index (χ0) is 15.7. The number of piperidine rings is 1. The van der Waals surface area contributed by atoms with Gasteiger partial charge in [-0.15, -0.1) is 0 Å². The minimum atomic E-state index is 0.617. The van der Waals surface area contributed by atoms with Gasteiger partial charge < -0.3 is 15.5 Å². The first kappa shape index (κ1) is 16.2. The Morgan fingerprint density at radius 1 is 0.955 bits per heavy atom. The van der Waals surface area contributed by atoms with E-state index in [9.17, 15) is 0 Å². The van der Waals surface area contributed by atoms with Crippen molar-refractivity contribution in [1.29, 1.82) is 0 Å². The summed E-state index contributed by atoms with van der Waals surface area (Å²) in [6, 6.07) is 4.27. The Balaban J connectivity index is 1.62. The van der Waals surface area contributed by atoms with E-state index in [4.69, 9.17) is 28.9 Å². The van der Waals surface area contributed by atoms with Crippen LogP contribution in [0.4, 0.5) is 11.4 Å². The predicted octanol–water partition coefficient (Wildman–Crippen LogP) is 2.79. The second-order valence-electron chi connectivity index (χ2n) is 6.39. The summed E-state index contributed by atoms with van der Waals surface area (Å²) in [7, 11) is 2.20. The summed E-state index contributed by atoms with van der Waals surface area (Å²) in [5.41, 5.74) is 7.35. The highest BCUT2D eigenvalue weighted by molar-refractivity contribution is 6.39. The van der Waals surface area contributed by atoms with Crippen LogP contribution >= 0.6 is 23.2 Å². The average molecular weight is 343 g/mol. The van der Waals surface area contributed by atoms with E-state index in [-0.39, 0.29) is 0 Å². The maximum absolute atomic E-state index is 6.35. The molecule has 2 saturated heterocycles. The first-order valence-electron chi connectivity index (χ1n) is 7.96. The van der Waals surface area contributed by atoms with E-state index in [0.717, 1.165) is 18.8 Å². The number of piperazine rings is 1. The molecule has 2 heterocycles. The second-order valence-corrected chi connectivity index (χ2v) is 7.21. The van der Waals surface area contributed by atoms with Crippen LogP contribution in [0.15, 0.2) is 12.1 Å². The summed E-state index contributed by atoms with van der Waals surface area (Å²) in [6.07, 6.45) is 2.33. The van der Waals surface area contributed by atoms with Crippen LogP contribution in [0, 0.1) is 0 Å². The molecule has 0 spiro atoms. The van der Waals surface area contributed by atoms with Crippen LogP contribution in [0.5, 0.6) is 0 Å². The van der Waals surface area contributed by atoms with Crippen LogP contribution in [0.1, 0.15) is 12.8 Å². The van der Waals surface area contributed by atoms with Crippen LogP contribution in [0.2, 0.25) is 10.0 Å². The molecule has 3 rings (SSSR count). The van der Waals surface area contributed by atoms with Gasteiger partial charge in [-0.05, 0) is 32.0 Å². The maximum Gasteiger partial charge on any atom is 0.0746 e. The summed E-state index contributed by atoms with van der Waals surface area (Å²) >= 11 is 12.7. The Morgan fingerprint density at radius 2 is 1.50 bits per heavy atom. The summed E-state index contributed by atoms with van der Waals surface area (Å²) < 4.78 is 0. The van der Waals surface area contributed by atoms with E-state index in [1.165, 1.54) is 39.0 Å². The maximum atomic E-state index is 6.35. The molecule has 4 nitrogen and oxygen atoms in total. The molecule has 0 amide bonds. The van der Waals surface area contributed by atoms with Crippen molar-refractivity contribution in [2.24, 2.45) is 0 Å². The normalized spacial score (nSPS) is 22.2. The summed E-state index contributed by atoms with van der Waals surface area (Å²) in [5, 5.41) is 1.31. The lowest BCUT2D eigenvalue weighted by atomic mass is 10.0. The van der Waals surface area contributed by atoms with Gasteiger partial charge in [0.25, 0.3) is 0 Å². The van der Waals surface area contributed by atoms with Gasteiger partial charge >= 0.3 is 0 Å². The van der Waals surface area contributed by atoms with Gasteiger partial charge in [0.1, 0.15) is 0 Å². The highest BCUT2D eigenvalue weighted by Crippen LogP contribution is 2.37. The molecule has 122 valence electrons. The first-order chi connectivity index (χ1) is 10.5. The molecule has 2 fully saturated rings. The highest BCUT2D eigenvalue weighted by Gasteiger charge is 2.28. The quantitative estimate of drug-likeness (QED) is 0.838. The Morgan fingerprint density at radius 3 is 2.05 bits per heavy atom. The molecular formula is C16H24Cl2N4. The van der Waals surface area contributed by atoms with Gasteiger partial charge in [-0.25, -0.2) is 0 Å². The molecule has 2 N–H and O–H groups in total. The summed E-state index contributed by atoms with van der Waals surface area (Å²) in [6.45, 7) is 6.72. The molecule has 1 aromatic carbocycles. The molecule has 0 unspecified atom stereocenters. The molecule has 0 saturated carbocycles. The fourth-order valence-electron chi connectivity index (χ4n) is 3.53. The third kappa shape index (κ3) is 3.46. The van der Waals surface area contributed by atoms with Crippen LogP contribution in [0.25, 0.3) is 0 Å². The molecule has 0 aromatic heterocycles. The van der Waals surface area contributed by atoms with Gasteiger partial charge in [0, 0.05) is 51.0 Å². The van der Waals surface area contributed by atoms with Crippen molar-refractivity contribution in [2.75, 3.05) is 56.9 Å². The van der Waals surface area contributed by atoms with E-state index < -0.39 is 0 Å². The lowest BCUT2D eigenvalue weighted by molar-refractivity contribution is 0.0982. The predicted molar refractivity (Wildman–Crippen MR) is 95.2 cm³/mol. The van der Waals surface area contributed by atoms with Crippen molar-refractivity contribution >= 4 is 34.6 Å². The van der Waals surface area contributed by atoms with Crippen LogP contribution in [-0.2, 0) is 0 Å². The van der Waals surface area contributed by atoms with Gasteiger partial charge in [0.15, 0.2) is 0 Å². The number of hydrogen-bond donors (Lipinski definition) is 1. The van der Waals surface area contributed by atoms with Crippen molar-refractivity contribution in [1.82, 2.24) is 9.80 Å². The van der Waals surface area contributed by atoms with Crippen molar-refractivity contribution in [3.63, 3.8) is 0 Å². The van der Waals surface area contributed by atoms with Gasteiger partial charge in [-0.3, -0.25) is 4.90 Å². The average Bonchev–Trinajstić information content (AvgIpc) is 2.48. The van der Waals surface area contributed by atoms with Gasteiger partial charge in [0.2, 0.25) is 0 Å². The van der Waals surface area contributed by atoms with Crippen molar-refractivity contribution < 1.29 is 0 Å². The molecule has 0 atom stereocenters. The van der Waals surface area contributed by atoms with E-state index in [1.54, 1.807) is 12.1 Å². The molecule has 0 aliphatic carbocycles. The number of likely N-dealkylation sites (N-methyl/N-ethyl adjacent to an activating group) is 1. The molecule has 2 aliphatic heterocycles. The monoisotopic (exact) mass is 342 g/mol. The molecule has 0 radical (unpaired) electrons. The first-order valence-corrected chi connectivity index (χ1v) is 8.72. The summed E-state index contributed by atoms with van der Waals surface area (Å²) in [4.78, 5) is 7.35. The molecule has 0 bridgehead atoms.